The fourth-order valence-corrected chi connectivity index (χ4v) is 3.37. The van der Waals surface area contributed by atoms with Gasteiger partial charge in [-0.3, -0.25) is 5.10 Å². The molecule has 6 nitrogen and oxygen atoms in total. The van der Waals surface area contributed by atoms with Crippen molar-refractivity contribution >= 4 is 50.1 Å². The third-order valence-electron chi connectivity index (χ3n) is 4.12. The van der Waals surface area contributed by atoms with Gasteiger partial charge in [0.15, 0.2) is 28.7 Å². The molecule has 0 saturated carbocycles. The van der Waals surface area contributed by atoms with Crippen LogP contribution < -0.4 is 10.1 Å². The van der Waals surface area contributed by atoms with Gasteiger partial charge in [0.1, 0.15) is 5.75 Å². The SMILES string of the molecule is [C-]#[N+]c1cc(Cl)cc(Oc2c(Br)ccc(CNc3n[nH]c4ncccc34)c2F)c1. The highest BCUT2D eigenvalue weighted by Gasteiger charge is 2.16. The van der Waals surface area contributed by atoms with E-state index >= 15 is 4.39 Å². The zero-order chi connectivity index (χ0) is 20.4. The van der Waals surface area contributed by atoms with Crippen molar-refractivity contribution in [1.82, 2.24) is 15.2 Å². The van der Waals surface area contributed by atoms with Crippen LogP contribution in [0.5, 0.6) is 11.5 Å². The second-order valence-electron chi connectivity index (χ2n) is 6.03. The van der Waals surface area contributed by atoms with Crippen molar-refractivity contribution in [3.8, 4) is 11.5 Å². The van der Waals surface area contributed by atoms with Gasteiger partial charge in [-0.2, -0.15) is 5.10 Å². The van der Waals surface area contributed by atoms with Crippen molar-refractivity contribution in [3.05, 3.63) is 81.0 Å². The number of rotatable bonds is 5. The Morgan fingerprint density at radius 1 is 1.28 bits per heavy atom. The molecular formula is C20H12BrClFN5O. The summed E-state index contributed by atoms with van der Waals surface area (Å²) in [6.07, 6.45) is 1.66. The summed E-state index contributed by atoms with van der Waals surface area (Å²) in [6, 6.07) is 11.5. The lowest BCUT2D eigenvalue weighted by Gasteiger charge is -2.13. The molecule has 0 aliphatic carbocycles. The van der Waals surface area contributed by atoms with Crippen LogP contribution in [-0.2, 0) is 6.54 Å². The molecule has 2 aromatic heterocycles. The third-order valence-corrected chi connectivity index (χ3v) is 4.96. The molecular weight excluding hydrogens is 461 g/mol. The number of nitrogens with zero attached hydrogens (tertiary/aromatic N) is 3. The number of benzene rings is 2. The highest BCUT2D eigenvalue weighted by molar-refractivity contribution is 9.10. The summed E-state index contributed by atoms with van der Waals surface area (Å²) < 4.78 is 21.3. The number of fused-ring (bicyclic) bond motifs is 1. The van der Waals surface area contributed by atoms with Crippen LogP contribution in [0.15, 0.2) is 53.1 Å². The first-order valence-corrected chi connectivity index (χ1v) is 9.58. The van der Waals surface area contributed by atoms with Crippen molar-refractivity contribution in [1.29, 1.82) is 0 Å². The molecule has 9 heteroatoms. The number of H-pyrrole nitrogens is 1. The predicted molar refractivity (Wildman–Crippen MR) is 113 cm³/mol. The minimum atomic E-state index is -0.533. The molecule has 2 heterocycles. The van der Waals surface area contributed by atoms with E-state index in [0.29, 0.717) is 32.2 Å². The van der Waals surface area contributed by atoms with Gasteiger partial charge in [0.2, 0.25) is 0 Å². The molecule has 0 unspecified atom stereocenters. The van der Waals surface area contributed by atoms with Gasteiger partial charge in [0, 0.05) is 23.3 Å². The Morgan fingerprint density at radius 2 is 2.14 bits per heavy atom. The van der Waals surface area contributed by atoms with Gasteiger partial charge in [-0.05, 0) is 52.3 Å². The van der Waals surface area contributed by atoms with E-state index < -0.39 is 5.82 Å². The van der Waals surface area contributed by atoms with Gasteiger partial charge in [-0.25, -0.2) is 14.2 Å². The normalized spacial score (nSPS) is 10.7. The topological polar surface area (TPSA) is 67.2 Å². The maximum atomic E-state index is 15.1. The Balaban J connectivity index is 1.60. The zero-order valence-electron chi connectivity index (χ0n) is 14.7. The van der Waals surface area contributed by atoms with E-state index in [0.717, 1.165) is 5.39 Å². The summed E-state index contributed by atoms with van der Waals surface area (Å²) >= 11 is 9.32. The summed E-state index contributed by atoms with van der Waals surface area (Å²) in [5.74, 6) is 0.331. The lowest BCUT2D eigenvalue weighted by molar-refractivity contribution is 0.436. The fraction of sp³-hybridized carbons (Fsp3) is 0.0500. The monoisotopic (exact) mass is 471 g/mol. The van der Waals surface area contributed by atoms with Gasteiger partial charge in [0.25, 0.3) is 0 Å². The van der Waals surface area contributed by atoms with Crippen LogP contribution in [0.25, 0.3) is 15.9 Å². The van der Waals surface area contributed by atoms with E-state index in [1.54, 1.807) is 24.4 Å². The Bertz CT molecular complexity index is 1250. The predicted octanol–water partition coefficient (Wildman–Crippen LogP) is 6.47. The Kier molecular flexibility index (Phi) is 5.34. The van der Waals surface area contributed by atoms with Crippen LogP contribution in [0.4, 0.5) is 15.9 Å². The molecule has 2 aromatic carbocycles. The average Bonchev–Trinajstić information content (AvgIpc) is 3.13. The standard InChI is InChI=1S/C20H12BrClFN5O/c1-24-13-7-12(22)8-14(9-13)29-18-16(21)5-4-11(17(18)23)10-26-20-15-3-2-6-25-19(15)27-28-20/h2-9H,10H2,(H2,25,26,27,28). The number of ether oxygens (including phenoxy) is 1. The molecule has 0 spiro atoms. The molecule has 29 heavy (non-hydrogen) atoms. The quantitative estimate of drug-likeness (QED) is 0.327. The van der Waals surface area contributed by atoms with Gasteiger partial charge < -0.3 is 10.1 Å². The van der Waals surface area contributed by atoms with Crippen molar-refractivity contribution in [2.45, 2.75) is 6.54 Å². The largest absolute Gasteiger partial charge is 0.454 e. The van der Waals surface area contributed by atoms with E-state index in [9.17, 15) is 0 Å². The molecule has 2 N–H and O–H groups in total. The smallest absolute Gasteiger partial charge is 0.192 e. The minimum Gasteiger partial charge on any atom is -0.454 e. The molecule has 4 rings (SSSR count). The van der Waals surface area contributed by atoms with E-state index in [1.165, 1.54) is 18.2 Å². The lowest BCUT2D eigenvalue weighted by Crippen LogP contribution is -2.04. The van der Waals surface area contributed by atoms with Gasteiger partial charge in [-0.1, -0.05) is 17.7 Å². The first-order chi connectivity index (χ1) is 14.0. The van der Waals surface area contributed by atoms with E-state index in [4.69, 9.17) is 22.9 Å². The number of aromatic nitrogens is 3. The first kappa shape index (κ1) is 19.2. The molecule has 0 bridgehead atoms. The molecule has 0 atom stereocenters. The van der Waals surface area contributed by atoms with E-state index in [-0.39, 0.29) is 18.0 Å². The number of anilines is 1. The van der Waals surface area contributed by atoms with Gasteiger partial charge in [0.05, 0.1) is 16.4 Å². The molecule has 144 valence electrons. The van der Waals surface area contributed by atoms with Gasteiger partial charge >= 0.3 is 0 Å². The molecule has 0 aliphatic rings. The van der Waals surface area contributed by atoms with Crippen LogP contribution in [0.3, 0.4) is 0 Å². The first-order valence-electron chi connectivity index (χ1n) is 8.41. The summed E-state index contributed by atoms with van der Waals surface area (Å²) in [4.78, 5) is 7.51. The average molecular weight is 473 g/mol. The van der Waals surface area contributed by atoms with Crippen LogP contribution >= 0.6 is 27.5 Å². The number of halogens is 3. The minimum absolute atomic E-state index is 0.0102. The van der Waals surface area contributed by atoms with E-state index in [2.05, 4.69) is 41.3 Å². The highest BCUT2D eigenvalue weighted by atomic mass is 79.9. The second-order valence-corrected chi connectivity index (χ2v) is 7.32. The Hall–Kier alpha value is -3.15. The maximum Gasteiger partial charge on any atom is 0.192 e. The van der Waals surface area contributed by atoms with Crippen LogP contribution in [0.1, 0.15) is 5.56 Å². The highest BCUT2D eigenvalue weighted by Crippen LogP contribution is 2.37. The number of pyridine rings is 1. The lowest BCUT2D eigenvalue weighted by atomic mass is 10.2. The van der Waals surface area contributed by atoms with Gasteiger partial charge in [-0.15, -0.1) is 0 Å². The molecule has 0 amide bonds. The van der Waals surface area contributed by atoms with Crippen molar-refractivity contribution in [3.63, 3.8) is 0 Å². The number of aromatic amines is 1. The summed E-state index contributed by atoms with van der Waals surface area (Å²) in [5, 5.41) is 11.2. The molecule has 4 aromatic rings. The molecule has 0 saturated heterocycles. The van der Waals surface area contributed by atoms with Crippen molar-refractivity contribution < 1.29 is 9.13 Å². The summed E-state index contributed by atoms with van der Waals surface area (Å²) in [7, 11) is 0. The third kappa shape index (κ3) is 4.01. The van der Waals surface area contributed by atoms with E-state index in [1.807, 2.05) is 6.07 Å². The van der Waals surface area contributed by atoms with Crippen molar-refractivity contribution in [2.75, 3.05) is 5.32 Å². The van der Waals surface area contributed by atoms with Crippen molar-refractivity contribution in [2.24, 2.45) is 0 Å². The molecule has 0 radical (unpaired) electrons. The Morgan fingerprint density at radius 3 is 2.97 bits per heavy atom. The van der Waals surface area contributed by atoms with Crippen LogP contribution in [0, 0.1) is 12.4 Å². The number of hydrogen-bond acceptors (Lipinski definition) is 4. The number of nitrogens with one attached hydrogen (secondary N) is 2. The second kappa shape index (κ2) is 8.07. The van der Waals surface area contributed by atoms with Crippen LogP contribution in [0.2, 0.25) is 5.02 Å². The summed E-state index contributed by atoms with van der Waals surface area (Å²) in [6.45, 7) is 7.31. The summed E-state index contributed by atoms with van der Waals surface area (Å²) in [5.41, 5.74) is 1.34. The van der Waals surface area contributed by atoms with Crippen LogP contribution in [-0.4, -0.2) is 15.2 Å². The Labute approximate surface area is 178 Å². The fourth-order valence-electron chi connectivity index (χ4n) is 2.76. The zero-order valence-corrected chi connectivity index (χ0v) is 17.1. The number of hydrogen-bond donors (Lipinski definition) is 2. The molecule has 0 fully saturated rings. The maximum absolute atomic E-state index is 15.1. The molecule has 0 aliphatic heterocycles.